The van der Waals surface area contributed by atoms with E-state index in [9.17, 15) is 14.7 Å². The highest BCUT2D eigenvalue weighted by Crippen LogP contribution is 2.26. The van der Waals surface area contributed by atoms with Gasteiger partial charge in [-0.2, -0.15) is 5.10 Å². The molecule has 3 aromatic rings. The van der Waals surface area contributed by atoms with Crippen LogP contribution in [0.1, 0.15) is 26.3 Å². The molecule has 0 heterocycles. The van der Waals surface area contributed by atoms with Crippen LogP contribution in [-0.2, 0) is 0 Å². The van der Waals surface area contributed by atoms with E-state index < -0.39 is 11.9 Å². The van der Waals surface area contributed by atoms with Crippen LogP contribution in [0.2, 0.25) is 0 Å². The van der Waals surface area contributed by atoms with Crippen LogP contribution in [0, 0.1) is 0 Å². The Balaban J connectivity index is 1.83. The van der Waals surface area contributed by atoms with Gasteiger partial charge < -0.3 is 10.2 Å². The van der Waals surface area contributed by atoms with Gasteiger partial charge in [0.1, 0.15) is 5.75 Å². The van der Waals surface area contributed by atoms with Crippen LogP contribution < -0.4 is 5.43 Å². The summed E-state index contributed by atoms with van der Waals surface area (Å²) >= 11 is 0. The molecule has 3 N–H and O–H groups in total. The first kappa shape index (κ1) is 16.2. The Kier molecular flexibility index (Phi) is 4.43. The maximum atomic E-state index is 12.4. The van der Waals surface area contributed by atoms with E-state index in [0.29, 0.717) is 10.9 Å². The van der Waals surface area contributed by atoms with Crippen molar-refractivity contribution in [2.75, 3.05) is 0 Å². The molecule has 0 saturated carbocycles. The fourth-order valence-electron chi connectivity index (χ4n) is 2.47. The number of aromatic carboxylic acids is 1. The summed E-state index contributed by atoms with van der Waals surface area (Å²) in [6.07, 6.45) is 1.34. The molecule has 3 rings (SSSR count). The molecule has 25 heavy (non-hydrogen) atoms. The largest absolute Gasteiger partial charge is 0.507 e. The molecule has 6 heteroatoms. The molecule has 0 aliphatic rings. The van der Waals surface area contributed by atoms with Crippen LogP contribution in [0.25, 0.3) is 10.8 Å². The maximum absolute atomic E-state index is 12.4. The number of carbonyl (C=O) groups is 2. The molecule has 0 fully saturated rings. The van der Waals surface area contributed by atoms with Gasteiger partial charge in [0.05, 0.1) is 17.3 Å². The average Bonchev–Trinajstić information content (AvgIpc) is 2.61. The molecule has 0 aromatic heterocycles. The van der Waals surface area contributed by atoms with Crippen molar-refractivity contribution < 1.29 is 19.8 Å². The van der Waals surface area contributed by atoms with Crippen LogP contribution in [-0.4, -0.2) is 28.3 Å². The summed E-state index contributed by atoms with van der Waals surface area (Å²) in [5.74, 6) is -1.74. The Morgan fingerprint density at radius 1 is 1.00 bits per heavy atom. The number of carboxylic acids is 1. The van der Waals surface area contributed by atoms with Crippen LogP contribution in [0.4, 0.5) is 0 Å². The normalized spacial score (nSPS) is 10.9. The molecule has 0 unspecified atom stereocenters. The highest BCUT2D eigenvalue weighted by molar-refractivity contribution is 6.09. The van der Waals surface area contributed by atoms with Crippen molar-refractivity contribution in [2.24, 2.45) is 5.10 Å². The molecular weight excluding hydrogens is 320 g/mol. The SMILES string of the molecule is O=C(O)c1cccc(/C=N/NC(=O)c2c(O)ccc3ccccc23)c1. The second-order valence-electron chi connectivity index (χ2n) is 5.31. The van der Waals surface area contributed by atoms with E-state index in [1.54, 1.807) is 30.3 Å². The Bertz CT molecular complexity index is 996. The van der Waals surface area contributed by atoms with Gasteiger partial charge in [0.25, 0.3) is 5.91 Å². The average molecular weight is 334 g/mol. The summed E-state index contributed by atoms with van der Waals surface area (Å²) in [7, 11) is 0. The van der Waals surface area contributed by atoms with Crippen LogP contribution in [0.5, 0.6) is 5.75 Å². The number of amides is 1. The number of rotatable bonds is 4. The zero-order valence-corrected chi connectivity index (χ0v) is 13.0. The van der Waals surface area contributed by atoms with Gasteiger partial charge in [0, 0.05) is 0 Å². The fourth-order valence-corrected chi connectivity index (χ4v) is 2.47. The van der Waals surface area contributed by atoms with Gasteiger partial charge in [-0.05, 0) is 34.5 Å². The van der Waals surface area contributed by atoms with E-state index in [0.717, 1.165) is 5.39 Å². The first-order valence-corrected chi connectivity index (χ1v) is 7.44. The number of fused-ring (bicyclic) bond motifs is 1. The zero-order chi connectivity index (χ0) is 17.8. The molecule has 0 bridgehead atoms. The Morgan fingerprint density at radius 2 is 1.80 bits per heavy atom. The molecule has 6 nitrogen and oxygen atoms in total. The van der Waals surface area contributed by atoms with E-state index in [-0.39, 0.29) is 16.9 Å². The summed E-state index contributed by atoms with van der Waals surface area (Å²) in [4.78, 5) is 23.3. The topological polar surface area (TPSA) is 99.0 Å². The number of nitrogens with one attached hydrogen (secondary N) is 1. The van der Waals surface area contributed by atoms with E-state index in [2.05, 4.69) is 10.5 Å². The van der Waals surface area contributed by atoms with Crippen LogP contribution in [0.15, 0.2) is 65.8 Å². The number of hydrogen-bond acceptors (Lipinski definition) is 4. The fraction of sp³-hybridized carbons (Fsp3) is 0. The number of carbonyl (C=O) groups excluding carboxylic acids is 1. The second-order valence-corrected chi connectivity index (χ2v) is 5.31. The van der Waals surface area contributed by atoms with E-state index in [4.69, 9.17) is 5.11 Å². The molecule has 1 amide bonds. The third-order valence-electron chi connectivity index (χ3n) is 3.65. The lowest BCUT2D eigenvalue weighted by molar-refractivity contribution is 0.0696. The van der Waals surface area contributed by atoms with Crippen molar-refractivity contribution >= 4 is 28.9 Å². The Morgan fingerprint density at radius 3 is 2.60 bits per heavy atom. The molecule has 0 spiro atoms. The highest BCUT2D eigenvalue weighted by Gasteiger charge is 2.14. The molecule has 0 saturated heterocycles. The van der Waals surface area contributed by atoms with Crippen molar-refractivity contribution in [3.8, 4) is 5.75 Å². The lowest BCUT2D eigenvalue weighted by Gasteiger charge is -2.07. The number of benzene rings is 3. The van der Waals surface area contributed by atoms with E-state index >= 15 is 0 Å². The minimum absolute atomic E-state index is 0.127. The number of hydrazone groups is 1. The zero-order valence-electron chi connectivity index (χ0n) is 13.0. The predicted octanol–water partition coefficient (Wildman–Crippen LogP) is 3.01. The van der Waals surface area contributed by atoms with Gasteiger partial charge in [0.15, 0.2) is 0 Å². The predicted molar refractivity (Wildman–Crippen MR) is 94.1 cm³/mol. The van der Waals surface area contributed by atoms with E-state index in [1.165, 1.54) is 24.4 Å². The van der Waals surface area contributed by atoms with Crippen molar-refractivity contribution in [3.05, 3.63) is 77.4 Å². The molecule has 124 valence electrons. The highest BCUT2D eigenvalue weighted by atomic mass is 16.4. The van der Waals surface area contributed by atoms with Crippen LogP contribution >= 0.6 is 0 Å². The first-order chi connectivity index (χ1) is 12.1. The third-order valence-corrected chi connectivity index (χ3v) is 3.65. The van der Waals surface area contributed by atoms with Gasteiger partial charge in [0.2, 0.25) is 0 Å². The minimum Gasteiger partial charge on any atom is -0.507 e. The van der Waals surface area contributed by atoms with Crippen LogP contribution in [0.3, 0.4) is 0 Å². The van der Waals surface area contributed by atoms with Gasteiger partial charge in [-0.3, -0.25) is 4.79 Å². The molecule has 3 aromatic carbocycles. The van der Waals surface area contributed by atoms with Crippen molar-refractivity contribution in [1.29, 1.82) is 0 Å². The number of carboxylic acid groups (broad SMARTS) is 1. The Hall–Kier alpha value is -3.67. The summed E-state index contributed by atoms with van der Waals surface area (Å²) in [6.45, 7) is 0. The van der Waals surface area contributed by atoms with Crippen molar-refractivity contribution in [3.63, 3.8) is 0 Å². The third kappa shape index (κ3) is 3.48. The number of aromatic hydroxyl groups is 1. The van der Waals surface area contributed by atoms with Gasteiger partial charge in [-0.15, -0.1) is 0 Å². The Labute approximate surface area is 143 Å². The quantitative estimate of drug-likeness (QED) is 0.504. The van der Waals surface area contributed by atoms with Crippen molar-refractivity contribution in [1.82, 2.24) is 5.43 Å². The number of phenols is 1. The number of nitrogens with zero attached hydrogens (tertiary/aromatic N) is 1. The molecule has 0 aliphatic heterocycles. The lowest BCUT2D eigenvalue weighted by atomic mass is 10.0. The lowest BCUT2D eigenvalue weighted by Crippen LogP contribution is -2.18. The minimum atomic E-state index is -1.04. The van der Waals surface area contributed by atoms with E-state index in [1.807, 2.05) is 12.1 Å². The molecule has 0 radical (unpaired) electrons. The maximum Gasteiger partial charge on any atom is 0.335 e. The molecular formula is C19H14N2O4. The van der Waals surface area contributed by atoms with Gasteiger partial charge in [-0.25, -0.2) is 10.2 Å². The number of phenolic OH excluding ortho intramolecular Hbond substituents is 1. The molecule has 0 aliphatic carbocycles. The smallest absolute Gasteiger partial charge is 0.335 e. The monoisotopic (exact) mass is 334 g/mol. The van der Waals surface area contributed by atoms with Gasteiger partial charge in [-0.1, -0.05) is 42.5 Å². The van der Waals surface area contributed by atoms with Gasteiger partial charge >= 0.3 is 5.97 Å². The summed E-state index contributed by atoms with van der Waals surface area (Å²) in [6, 6.07) is 16.5. The summed E-state index contributed by atoms with van der Waals surface area (Å²) in [5.41, 5.74) is 3.14. The first-order valence-electron chi connectivity index (χ1n) is 7.44. The second kappa shape index (κ2) is 6.84. The number of hydrogen-bond donors (Lipinski definition) is 3. The molecule has 0 atom stereocenters. The summed E-state index contributed by atoms with van der Waals surface area (Å²) in [5, 5.41) is 24.2. The standard InChI is InChI=1S/C19H14N2O4/c22-16-9-8-13-5-1-2-7-15(13)17(16)18(23)21-20-11-12-4-3-6-14(10-12)19(24)25/h1-11,22H,(H,21,23)(H,24,25)/b20-11+. The summed E-state index contributed by atoms with van der Waals surface area (Å²) < 4.78 is 0. The van der Waals surface area contributed by atoms with Crippen molar-refractivity contribution in [2.45, 2.75) is 0 Å².